The number of pyridine rings is 1. The molecule has 0 unspecified atom stereocenters. The van der Waals surface area contributed by atoms with Gasteiger partial charge in [-0.15, -0.1) is 0 Å². The van der Waals surface area contributed by atoms with E-state index >= 15 is 0 Å². The van der Waals surface area contributed by atoms with Crippen molar-refractivity contribution < 1.29 is 4.79 Å². The molecule has 0 fully saturated rings. The first-order valence-electron chi connectivity index (χ1n) is 9.68. The monoisotopic (exact) mass is 416 g/mol. The SMILES string of the molecule is Cc1ccc(N(Cc2cc3ccccc3[nH]c2=O)C(=O)c2ccc(Cl)cc2)c(C)c1. The third-order valence-electron chi connectivity index (χ3n) is 5.14. The number of amides is 1. The number of halogens is 1. The van der Waals surface area contributed by atoms with Gasteiger partial charge in [0.15, 0.2) is 0 Å². The molecule has 4 nitrogen and oxygen atoms in total. The molecule has 30 heavy (non-hydrogen) atoms. The normalized spacial score (nSPS) is 10.9. The van der Waals surface area contributed by atoms with Gasteiger partial charge in [0.1, 0.15) is 0 Å². The quantitative estimate of drug-likeness (QED) is 0.467. The van der Waals surface area contributed by atoms with E-state index in [9.17, 15) is 9.59 Å². The van der Waals surface area contributed by atoms with Gasteiger partial charge in [0.05, 0.1) is 6.54 Å². The first-order valence-corrected chi connectivity index (χ1v) is 10.1. The number of hydrogen-bond acceptors (Lipinski definition) is 2. The Kier molecular flexibility index (Phi) is 5.42. The fraction of sp³-hybridized carbons (Fsp3) is 0.120. The second kappa shape index (κ2) is 8.17. The van der Waals surface area contributed by atoms with Crippen LogP contribution in [0.2, 0.25) is 5.02 Å². The highest BCUT2D eigenvalue weighted by atomic mass is 35.5. The fourth-order valence-electron chi connectivity index (χ4n) is 3.60. The standard InChI is InChI=1S/C25H21ClN2O2/c1-16-7-12-23(17(2)13-16)28(25(30)18-8-10-21(26)11-9-18)15-20-14-19-5-3-4-6-22(19)27-24(20)29/h3-14H,15H2,1-2H3,(H,27,29). The molecule has 1 N–H and O–H groups in total. The Morgan fingerprint density at radius 3 is 2.43 bits per heavy atom. The predicted octanol–water partition coefficient (Wildman–Crippen LogP) is 5.65. The second-order valence-corrected chi connectivity index (χ2v) is 7.84. The highest BCUT2D eigenvalue weighted by Gasteiger charge is 2.21. The maximum atomic E-state index is 13.4. The molecule has 0 atom stereocenters. The van der Waals surface area contributed by atoms with Gasteiger partial charge < -0.3 is 9.88 Å². The zero-order valence-electron chi connectivity index (χ0n) is 16.8. The Hall–Kier alpha value is -3.37. The van der Waals surface area contributed by atoms with Gasteiger partial charge in [-0.05, 0) is 67.3 Å². The molecule has 1 amide bonds. The van der Waals surface area contributed by atoms with E-state index in [4.69, 9.17) is 11.6 Å². The van der Waals surface area contributed by atoms with Gasteiger partial charge >= 0.3 is 0 Å². The summed E-state index contributed by atoms with van der Waals surface area (Å²) in [5.41, 5.74) is 4.45. The van der Waals surface area contributed by atoms with Crippen molar-refractivity contribution in [2.24, 2.45) is 0 Å². The number of H-pyrrole nitrogens is 1. The summed E-state index contributed by atoms with van der Waals surface area (Å²) in [5, 5.41) is 1.49. The second-order valence-electron chi connectivity index (χ2n) is 7.40. The van der Waals surface area contributed by atoms with Gasteiger partial charge in [-0.2, -0.15) is 0 Å². The number of aryl methyl sites for hydroxylation is 2. The molecule has 0 radical (unpaired) electrons. The summed E-state index contributed by atoms with van der Waals surface area (Å²) < 4.78 is 0. The number of nitrogens with zero attached hydrogens (tertiary/aromatic N) is 1. The summed E-state index contributed by atoms with van der Waals surface area (Å²) in [6.07, 6.45) is 0. The number of benzene rings is 3. The molecular formula is C25H21ClN2O2. The Labute approximate surface area is 179 Å². The van der Waals surface area contributed by atoms with Crippen LogP contribution in [0.1, 0.15) is 27.0 Å². The molecule has 4 aromatic rings. The van der Waals surface area contributed by atoms with Crippen LogP contribution in [0.25, 0.3) is 10.9 Å². The molecule has 0 saturated heterocycles. The van der Waals surface area contributed by atoms with Crippen molar-refractivity contribution in [3.05, 3.63) is 110 Å². The number of hydrogen-bond donors (Lipinski definition) is 1. The van der Waals surface area contributed by atoms with Crippen LogP contribution in [0, 0.1) is 13.8 Å². The lowest BCUT2D eigenvalue weighted by molar-refractivity contribution is 0.0985. The summed E-state index contributed by atoms with van der Waals surface area (Å²) in [7, 11) is 0. The largest absolute Gasteiger partial charge is 0.322 e. The summed E-state index contributed by atoms with van der Waals surface area (Å²) in [6.45, 7) is 4.14. The first-order chi connectivity index (χ1) is 14.4. The number of fused-ring (bicyclic) bond motifs is 1. The lowest BCUT2D eigenvalue weighted by Crippen LogP contribution is -2.33. The van der Waals surface area contributed by atoms with Crippen LogP contribution in [-0.4, -0.2) is 10.9 Å². The summed E-state index contributed by atoms with van der Waals surface area (Å²) >= 11 is 5.99. The number of aromatic amines is 1. The van der Waals surface area contributed by atoms with E-state index in [1.165, 1.54) is 0 Å². The molecular weight excluding hydrogens is 396 g/mol. The molecule has 0 spiro atoms. The maximum absolute atomic E-state index is 13.4. The van der Waals surface area contributed by atoms with Crippen LogP contribution in [0.4, 0.5) is 5.69 Å². The van der Waals surface area contributed by atoms with E-state index in [2.05, 4.69) is 4.98 Å². The summed E-state index contributed by atoms with van der Waals surface area (Å²) in [6, 6.07) is 22.2. The Balaban J connectivity index is 1.81. The van der Waals surface area contributed by atoms with Crippen molar-refractivity contribution >= 4 is 34.1 Å². The lowest BCUT2D eigenvalue weighted by Gasteiger charge is -2.25. The van der Waals surface area contributed by atoms with E-state index in [-0.39, 0.29) is 18.0 Å². The third-order valence-corrected chi connectivity index (χ3v) is 5.39. The molecule has 0 bridgehead atoms. The van der Waals surface area contributed by atoms with E-state index in [0.717, 1.165) is 27.7 Å². The zero-order valence-corrected chi connectivity index (χ0v) is 17.5. The number of anilines is 1. The highest BCUT2D eigenvalue weighted by Crippen LogP contribution is 2.25. The maximum Gasteiger partial charge on any atom is 0.258 e. The molecule has 0 aliphatic carbocycles. The van der Waals surface area contributed by atoms with Gasteiger partial charge in [-0.3, -0.25) is 9.59 Å². The molecule has 150 valence electrons. The smallest absolute Gasteiger partial charge is 0.258 e. The lowest BCUT2D eigenvalue weighted by atomic mass is 10.1. The van der Waals surface area contributed by atoms with Gasteiger partial charge in [0.2, 0.25) is 0 Å². The van der Waals surface area contributed by atoms with E-state index in [1.54, 1.807) is 29.2 Å². The van der Waals surface area contributed by atoms with Crippen molar-refractivity contribution in [1.29, 1.82) is 0 Å². The number of carbonyl (C=O) groups is 1. The van der Waals surface area contributed by atoms with Gasteiger partial charge in [0.25, 0.3) is 11.5 Å². The molecule has 0 aliphatic heterocycles. The molecule has 4 rings (SSSR count). The van der Waals surface area contributed by atoms with Gasteiger partial charge in [0, 0.05) is 27.4 Å². The van der Waals surface area contributed by atoms with Crippen LogP contribution >= 0.6 is 11.6 Å². The molecule has 0 aliphatic rings. The van der Waals surface area contributed by atoms with Crippen molar-refractivity contribution in [1.82, 2.24) is 4.98 Å². The number of aromatic nitrogens is 1. The Morgan fingerprint density at radius 2 is 1.70 bits per heavy atom. The minimum Gasteiger partial charge on any atom is -0.322 e. The molecule has 5 heteroatoms. The Morgan fingerprint density at radius 1 is 0.967 bits per heavy atom. The predicted molar refractivity (Wildman–Crippen MR) is 122 cm³/mol. The minimum absolute atomic E-state index is 0.158. The number of nitrogens with one attached hydrogen (secondary N) is 1. The number of rotatable bonds is 4. The number of para-hydroxylation sites is 1. The topological polar surface area (TPSA) is 53.2 Å². The fourth-order valence-corrected chi connectivity index (χ4v) is 3.73. The van der Waals surface area contributed by atoms with Gasteiger partial charge in [-0.25, -0.2) is 0 Å². The van der Waals surface area contributed by atoms with Crippen molar-refractivity contribution in [2.45, 2.75) is 20.4 Å². The molecule has 0 saturated carbocycles. The van der Waals surface area contributed by atoms with Crippen LogP contribution in [0.5, 0.6) is 0 Å². The van der Waals surface area contributed by atoms with Crippen LogP contribution < -0.4 is 10.5 Å². The van der Waals surface area contributed by atoms with E-state index in [0.29, 0.717) is 16.1 Å². The average Bonchev–Trinajstić information content (AvgIpc) is 2.73. The zero-order chi connectivity index (χ0) is 21.3. The first kappa shape index (κ1) is 19.9. The van der Waals surface area contributed by atoms with Crippen LogP contribution in [0.3, 0.4) is 0 Å². The molecule has 3 aromatic carbocycles. The van der Waals surface area contributed by atoms with Crippen LogP contribution in [-0.2, 0) is 6.54 Å². The van der Waals surface area contributed by atoms with Crippen molar-refractivity contribution in [3.8, 4) is 0 Å². The number of carbonyl (C=O) groups excluding carboxylic acids is 1. The summed E-state index contributed by atoms with van der Waals surface area (Å²) in [5.74, 6) is -0.189. The summed E-state index contributed by atoms with van der Waals surface area (Å²) in [4.78, 5) is 30.7. The average molecular weight is 417 g/mol. The minimum atomic E-state index is -0.202. The molecule has 1 heterocycles. The Bertz CT molecular complexity index is 1290. The van der Waals surface area contributed by atoms with Crippen molar-refractivity contribution in [2.75, 3.05) is 4.90 Å². The molecule has 1 aromatic heterocycles. The van der Waals surface area contributed by atoms with Crippen molar-refractivity contribution in [3.63, 3.8) is 0 Å². The highest BCUT2D eigenvalue weighted by molar-refractivity contribution is 6.30. The van der Waals surface area contributed by atoms with Gasteiger partial charge in [-0.1, -0.05) is 47.5 Å². The third kappa shape index (κ3) is 4.00. The van der Waals surface area contributed by atoms with Crippen LogP contribution in [0.15, 0.2) is 77.6 Å². The van der Waals surface area contributed by atoms with E-state index < -0.39 is 0 Å². The van der Waals surface area contributed by atoms with E-state index in [1.807, 2.05) is 62.4 Å².